The summed E-state index contributed by atoms with van der Waals surface area (Å²) in [7, 11) is 1.72. The van der Waals surface area contributed by atoms with E-state index in [1.54, 1.807) is 13.4 Å². The van der Waals surface area contributed by atoms with Crippen LogP contribution in [-0.2, 0) is 4.74 Å². The van der Waals surface area contributed by atoms with Gasteiger partial charge in [-0.3, -0.25) is 0 Å². The molecule has 1 unspecified atom stereocenters. The Morgan fingerprint density at radius 1 is 1.24 bits per heavy atom. The Morgan fingerprint density at radius 2 is 1.94 bits per heavy atom. The van der Waals surface area contributed by atoms with E-state index in [4.69, 9.17) is 4.74 Å². The van der Waals surface area contributed by atoms with Crippen LogP contribution in [0.5, 0.6) is 0 Å². The van der Waals surface area contributed by atoms with Crippen molar-refractivity contribution in [3.63, 3.8) is 0 Å². The number of methoxy groups -OCH3 is 1. The Kier molecular flexibility index (Phi) is 5.35. The number of ether oxygens (including phenoxy) is 1. The maximum Gasteiger partial charge on any atom is 0.129 e. The molecule has 0 amide bonds. The Hall–Kier alpha value is -1.16. The molecular formula is C13H23N3O. The van der Waals surface area contributed by atoms with Gasteiger partial charge in [0.05, 0.1) is 12.6 Å². The summed E-state index contributed by atoms with van der Waals surface area (Å²) in [6, 6.07) is 2.28. The summed E-state index contributed by atoms with van der Waals surface area (Å²) in [5.41, 5.74) is 1.06. The van der Waals surface area contributed by atoms with Gasteiger partial charge in [-0.15, -0.1) is 0 Å². The number of nitrogens with one attached hydrogen (secondary N) is 1. The first kappa shape index (κ1) is 13.9. The van der Waals surface area contributed by atoms with E-state index in [2.05, 4.69) is 43.0 Å². The molecule has 0 saturated heterocycles. The van der Waals surface area contributed by atoms with Crippen LogP contribution in [0.2, 0.25) is 0 Å². The Balaban J connectivity index is 2.75. The van der Waals surface area contributed by atoms with Crippen molar-refractivity contribution >= 4 is 5.82 Å². The number of anilines is 1. The van der Waals surface area contributed by atoms with Crippen molar-refractivity contribution in [1.29, 1.82) is 0 Å². The molecule has 0 spiro atoms. The second-order valence-corrected chi connectivity index (χ2v) is 4.93. The lowest BCUT2D eigenvalue weighted by Gasteiger charge is -2.22. The predicted octanol–water partition coefficient (Wildman–Crippen LogP) is 2.68. The van der Waals surface area contributed by atoms with Gasteiger partial charge < -0.3 is 10.1 Å². The van der Waals surface area contributed by atoms with Crippen LogP contribution in [0.3, 0.4) is 0 Å². The third-order valence-corrected chi connectivity index (χ3v) is 2.76. The minimum Gasteiger partial charge on any atom is -0.383 e. The van der Waals surface area contributed by atoms with Gasteiger partial charge in [0.15, 0.2) is 0 Å². The molecule has 0 aromatic carbocycles. The molecule has 1 heterocycles. The lowest BCUT2D eigenvalue weighted by Crippen LogP contribution is -2.30. The third-order valence-electron chi connectivity index (χ3n) is 2.76. The molecule has 1 atom stereocenters. The summed E-state index contributed by atoms with van der Waals surface area (Å²) in [5.74, 6) is 1.78. The minimum atomic E-state index is 0.273. The molecule has 1 aromatic rings. The summed E-state index contributed by atoms with van der Waals surface area (Å²) >= 11 is 0. The number of nitrogens with zero attached hydrogens (tertiary/aromatic N) is 2. The lowest BCUT2D eigenvalue weighted by atomic mass is 10.1. The van der Waals surface area contributed by atoms with E-state index in [-0.39, 0.29) is 6.04 Å². The highest BCUT2D eigenvalue weighted by atomic mass is 16.5. The number of hydrogen-bond donors (Lipinski definition) is 1. The van der Waals surface area contributed by atoms with Crippen LogP contribution in [0.1, 0.15) is 39.3 Å². The van der Waals surface area contributed by atoms with Gasteiger partial charge in [-0.25, -0.2) is 9.97 Å². The molecule has 4 heteroatoms. The van der Waals surface area contributed by atoms with Gasteiger partial charge in [-0.1, -0.05) is 27.7 Å². The number of hydrogen-bond acceptors (Lipinski definition) is 4. The van der Waals surface area contributed by atoms with Crippen molar-refractivity contribution in [3.05, 3.63) is 18.1 Å². The fourth-order valence-electron chi connectivity index (χ4n) is 1.54. The molecule has 17 heavy (non-hydrogen) atoms. The zero-order chi connectivity index (χ0) is 12.8. The van der Waals surface area contributed by atoms with E-state index in [0.29, 0.717) is 18.4 Å². The first-order valence-electron chi connectivity index (χ1n) is 6.12. The average molecular weight is 237 g/mol. The zero-order valence-electron chi connectivity index (χ0n) is 11.4. The summed E-state index contributed by atoms with van der Waals surface area (Å²) in [6.07, 6.45) is 1.61. The van der Waals surface area contributed by atoms with Crippen molar-refractivity contribution in [2.45, 2.75) is 39.7 Å². The SMILES string of the molecule is COCC(Nc1cc(C(C)C)ncn1)C(C)C. The average Bonchev–Trinajstić information content (AvgIpc) is 2.28. The van der Waals surface area contributed by atoms with Crippen molar-refractivity contribution in [3.8, 4) is 0 Å². The quantitative estimate of drug-likeness (QED) is 0.826. The first-order valence-corrected chi connectivity index (χ1v) is 6.12. The summed E-state index contributed by atoms with van der Waals surface area (Å²) < 4.78 is 5.21. The number of aromatic nitrogens is 2. The third kappa shape index (κ3) is 4.30. The summed E-state index contributed by atoms with van der Waals surface area (Å²) in [5, 5.41) is 3.40. The van der Waals surface area contributed by atoms with Crippen LogP contribution in [-0.4, -0.2) is 29.7 Å². The molecule has 0 radical (unpaired) electrons. The molecule has 0 fully saturated rings. The maximum absolute atomic E-state index is 5.21. The molecule has 0 bridgehead atoms. The van der Waals surface area contributed by atoms with Gasteiger partial charge in [-0.2, -0.15) is 0 Å². The molecule has 1 aromatic heterocycles. The van der Waals surface area contributed by atoms with Crippen molar-refractivity contribution in [1.82, 2.24) is 9.97 Å². The van der Waals surface area contributed by atoms with Gasteiger partial charge in [0.2, 0.25) is 0 Å². The largest absolute Gasteiger partial charge is 0.383 e. The second kappa shape index (κ2) is 6.55. The Bertz CT molecular complexity index is 339. The van der Waals surface area contributed by atoms with E-state index in [1.165, 1.54) is 0 Å². The predicted molar refractivity (Wildman–Crippen MR) is 70.2 cm³/mol. The molecule has 96 valence electrons. The van der Waals surface area contributed by atoms with Crippen LogP contribution in [0, 0.1) is 5.92 Å². The van der Waals surface area contributed by atoms with Gasteiger partial charge in [0.25, 0.3) is 0 Å². The lowest BCUT2D eigenvalue weighted by molar-refractivity contribution is 0.171. The van der Waals surface area contributed by atoms with Crippen molar-refractivity contribution < 1.29 is 4.74 Å². The molecule has 0 aliphatic rings. The van der Waals surface area contributed by atoms with Crippen LogP contribution in [0.4, 0.5) is 5.82 Å². The van der Waals surface area contributed by atoms with E-state index >= 15 is 0 Å². The van der Waals surface area contributed by atoms with E-state index in [0.717, 1.165) is 11.5 Å². The maximum atomic E-state index is 5.21. The van der Waals surface area contributed by atoms with E-state index in [9.17, 15) is 0 Å². The van der Waals surface area contributed by atoms with Crippen LogP contribution in [0.15, 0.2) is 12.4 Å². The highest BCUT2D eigenvalue weighted by molar-refractivity contribution is 5.36. The van der Waals surface area contributed by atoms with Crippen LogP contribution < -0.4 is 5.32 Å². The van der Waals surface area contributed by atoms with Crippen LogP contribution in [0.25, 0.3) is 0 Å². The Labute approximate surface area is 104 Å². The molecule has 0 aliphatic carbocycles. The van der Waals surface area contributed by atoms with Gasteiger partial charge in [-0.05, 0) is 11.8 Å². The van der Waals surface area contributed by atoms with Crippen LogP contribution >= 0.6 is 0 Å². The highest BCUT2D eigenvalue weighted by Gasteiger charge is 2.14. The molecule has 0 saturated carbocycles. The fourth-order valence-corrected chi connectivity index (χ4v) is 1.54. The van der Waals surface area contributed by atoms with E-state index in [1.807, 2.05) is 6.07 Å². The molecule has 4 nitrogen and oxygen atoms in total. The Morgan fingerprint density at radius 3 is 2.47 bits per heavy atom. The molecule has 1 rings (SSSR count). The molecule has 1 N–H and O–H groups in total. The van der Waals surface area contributed by atoms with Gasteiger partial charge in [0, 0.05) is 18.9 Å². The normalized spacial score (nSPS) is 13.1. The van der Waals surface area contributed by atoms with Gasteiger partial charge in [0.1, 0.15) is 12.1 Å². The number of rotatable bonds is 6. The highest BCUT2D eigenvalue weighted by Crippen LogP contribution is 2.16. The fraction of sp³-hybridized carbons (Fsp3) is 0.692. The van der Waals surface area contributed by atoms with Crippen molar-refractivity contribution in [2.24, 2.45) is 5.92 Å². The molecular weight excluding hydrogens is 214 g/mol. The van der Waals surface area contributed by atoms with Crippen molar-refractivity contribution in [2.75, 3.05) is 19.0 Å². The smallest absolute Gasteiger partial charge is 0.129 e. The first-order chi connectivity index (χ1) is 8.04. The zero-order valence-corrected chi connectivity index (χ0v) is 11.4. The standard InChI is InChI=1S/C13H23N3O/c1-9(2)11-6-13(15-8-14-11)16-12(7-17-5)10(3)4/h6,8-10,12H,7H2,1-5H3,(H,14,15,16). The minimum absolute atomic E-state index is 0.273. The molecule has 0 aliphatic heterocycles. The monoisotopic (exact) mass is 237 g/mol. The van der Waals surface area contributed by atoms with E-state index < -0.39 is 0 Å². The topological polar surface area (TPSA) is 47.0 Å². The summed E-state index contributed by atoms with van der Waals surface area (Å²) in [6.45, 7) is 9.27. The second-order valence-electron chi connectivity index (χ2n) is 4.93. The van der Waals surface area contributed by atoms with Gasteiger partial charge >= 0.3 is 0 Å². The summed E-state index contributed by atoms with van der Waals surface area (Å²) in [4.78, 5) is 8.50.